The molecule has 3 aromatic rings. The second-order valence-corrected chi connectivity index (χ2v) is 7.88. The molecule has 0 unspecified atom stereocenters. The fourth-order valence-electron chi connectivity index (χ4n) is 4.41. The molecule has 2 aromatic heterocycles. The van der Waals surface area contributed by atoms with Gasteiger partial charge in [-0.2, -0.15) is 0 Å². The Bertz CT molecular complexity index is 1170. The SMILES string of the molecule is Cn1c(=O)c2c(ncn2CC(=O)NCC2(c3ccccc3)CCCC2)n(C)c1=O. The molecule has 0 atom stereocenters. The van der Waals surface area contributed by atoms with Crippen LogP contribution in [0.4, 0.5) is 0 Å². The zero-order valence-corrected chi connectivity index (χ0v) is 16.7. The van der Waals surface area contributed by atoms with Crippen molar-refractivity contribution in [1.82, 2.24) is 24.0 Å². The van der Waals surface area contributed by atoms with Gasteiger partial charge in [-0.1, -0.05) is 43.2 Å². The molecule has 4 rings (SSSR count). The molecule has 8 heteroatoms. The summed E-state index contributed by atoms with van der Waals surface area (Å²) in [4.78, 5) is 41.4. The van der Waals surface area contributed by atoms with Gasteiger partial charge in [0, 0.05) is 26.1 Å². The van der Waals surface area contributed by atoms with Crippen molar-refractivity contribution in [3.63, 3.8) is 0 Å². The number of benzene rings is 1. The number of carbonyl (C=O) groups excluding carboxylic acids is 1. The number of nitrogens with zero attached hydrogens (tertiary/aromatic N) is 4. The number of nitrogens with one attached hydrogen (secondary N) is 1. The number of hydrogen-bond acceptors (Lipinski definition) is 4. The van der Waals surface area contributed by atoms with Crippen molar-refractivity contribution in [1.29, 1.82) is 0 Å². The standard InChI is InChI=1S/C21H25N5O3/c1-24-18-17(19(28)25(2)20(24)29)26(14-23-18)12-16(27)22-13-21(10-6-7-11-21)15-8-4-3-5-9-15/h3-5,8-9,14H,6-7,10-13H2,1-2H3,(H,22,27). The Morgan fingerprint density at radius 1 is 1.10 bits per heavy atom. The minimum Gasteiger partial charge on any atom is -0.354 e. The van der Waals surface area contributed by atoms with Gasteiger partial charge >= 0.3 is 5.69 Å². The molecular formula is C21H25N5O3. The van der Waals surface area contributed by atoms with Crippen LogP contribution in [-0.4, -0.2) is 31.1 Å². The first kappa shape index (κ1) is 19.2. The number of rotatable bonds is 5. The number of carbonyl (C=O) groups is 1. The highest BCUT2D eigenvalue weighted by Crippen LogP contribution is 2.40. The minimum atomic E-state index is -0.454. The Morgan fingerprint density at radius 3 is 2.48 bits per heavy atom. The van der Waals surface area contributed by atoms with E-state index < -0.39 is 11.2 Å². The lowest BCUT2D eigenvalue weighted by atomic mass is 9.79. The first-order chi connectivity index (χ1) is 13.9. The molecule has 1 aromatic carbocycles. The topological polar surface area (TPSA) is 90.9 Å². The van der Waals surface area contributed by atoms with E-state index in [1.54, 1.807) is 7.05 Å². The summed E-state index contributed by atoms with van der Waals surface area (Å²) in [5, 5.41) is 3.06. The zero-order valence-electron chi connectivity index (χ0n) is 16.7. The Morgan fingerprint density at radius 2 is 1.79 bits per heavy atom. The molecular weight excluding hydrogens is 370 g/mol. The van der Waals surface area contributed by atoms with Crippen molar-refractivity contribution in [3.8, 4) is 0 Å². The van der Waals surface area contributed by atoms with Gasteiger partial charge < -0.3 is 9.88 Å². The van der Waals surface area contributed by atoms with E-state index in [1.165, 1.54) is 28.1 Å². The quantitative estimate of drug-likeness (QED) is 0.699. The number of aryl methyl sites for hydroxylation is 1. The molecule has 2 heterocycles. The molecule has 1 fully saturated rings. The average Bonchev–Trinajstić information content (AvgIpc) is 3.38. The van der Waals surface area contributed by atoms with E-state index in [2.05, 4.69) is 22.4 Å². The third-order valence-corrected chi connectivity index (χ3v) is 6.10. The first-order valence-corrected chi connectivity index (χ1v) is 9.86. The molecule has 0 aliphatic heterocycles. The Hall–Kier alpha value is -3.16. The highest BCUT2D eigenvalue weighted by molar-refractivity contribution is 5.79. The molecule has 1 amide bonds. The van der Waals surface area contributed by atoms with Crippen LogP contribution in [0.1, 0.15) is 31.2 Å². The molecule has 8 nitrogen and oxygen atoms in total. The minimum absolute atomic E-state index is 0.0190. The molecule has 29 heavy (non-hydrogen) atoms. The van der Waals surface area contributed by atoms with E-state index in [4.69, 9.17) is 0 Å². The lowest BCUT2D eigenvalue weighted by molar-refractivity contribution is -0.121. The van der Waals surface area contributed by atoms with Crippen LogP contribution in [0.25, 0.3) is 11.2 Å². The third-order valence-electron chi connectivity index (χ3n) is 6.10. The molecule has 0 saturated heterocycles. The summed E-state index contributed by atoms with van der Waals surface area (Å²) in [6.07, 6.45) is 5.84. The van der Waals surface area contributed by atoms with E-state index in [1.807, 2.05) is 18.2 Å². The number of aromatic nitrogens is 4. The van der Waals surface area contributed by atoms with Crippen LogP contribution < -0.4 is 16.6 Å². The largest absolute Gasteiger partial charge is 0.354 e. The molecule has 1 aliphatic carbocycles. The van der Waals surface area contributed by atoms with Crippen LogP contribution in [0, 0.1) is 0 Å². The van der Waals surface area contributed by atoms with Gasteiger partial charge in [0.1, 0.15) is 6.54 Å². The molecule has 0 radical (unpaired) electrons. The van der Waals surface area contributed by atoms with Crippen LogP contribution in [0.2, 0.25) is 0 Å². The number of imidazole rings is 1. The molecule has 1 saturated carbocycles. The fourth-order valence-corrected chi connectivity index (χ4v) is 4.41. The zero-order chi connectivity index (χ0) is 20.6. The lowest BCUT2D eigenvalue weighted by Gasteiger charge is -2.30. The van der Waals surface area contributed by atoms with Crippen LogP contribution in [-0.2, 0) is 30.8 Å². The van der Waals surface area contributed by atoms with Crippen molar-refractivity contribution in [3.05, 3.63) is 63.1 Å². The maximum absolute atomic E-state index is 12.7. The number of amides is 1. The van der Waals surface area contributed by atoms with Crippen molar-refractivity contribution < 1.29 is 4.79 Å². The normalized spacial score (nSPS) is 15.7. The molecule has 1 N–H and O–H groups in total. The predicted molar refractivity (Wildman–Crippen MR) is 110 cm³/mol. The monoisotopic (exact) mass is 395 g/mol. The van der Waals surface area contributed by atoms with Gasteiger partial charge in [0.2, 0.25) is 5.91 Å². The van der Waals surface area contributed by atoms with Crippen molar-refractivity contribution in [2.24, 2.45) is 14.1 Å². The molecule has 1 aliphatic rings. The van der Waals surface area contributed by atoms with Crippen LogP contribution >= 0.6 is 0 Å². The predicted octanol–water partition coefficient (Wildman–Crippen LogP) is 1.06. The summed E-state index contributed by atoms with van der Waals surface area (Å²) in [6, 6.07) is 10.3. The lowest BCUT2D eigenvalue weighted by Crippen LogP contribution is -2.41. The maximum Gasteiger partial charge on any atom is 0.332 e. The number of hydrogen-bond donors (Lipinski definition) is 1. The van der Waals surface area contributed by atoms with Crippen molar-refractivity contribution in [2.45, 2.75) is 37.6 Å². The smallest absolute Gasteiger partial charge is 0.332 e. The Balaban J connectivity index is 1.55. The Kier molecular flexibility index (Phi) is 4.86. The van der Waals surface area contributed by atoms with Gasteiger partial charge in [-0.25, -0.2) is 9.78 Å². The van der Waals surface area contributed by atoms with Crippen LogP contribution in [0.5, 0.6) is 0 Å². The summed E-state index contributed by atoms with van der Waals surface area (Å²) in [5.41, 5.74) is 0.863. The van der Waals surface area contributed by atoms with E-state index >= 15 is 0 Å². The summed E-state index contributed by atoms with van der Waals surface area (Å²) in [6.45, 7) is 0.549. The highest BCUT2D eigenvalue weighted by atomic mass is 16.2. The number of fused-ring (bicyclic) bond motifs is 1. The van der Waals surface area contributed by atoms with E-state index in [9.17, 15) is 14.4 Å². The van der Waals surface area contributed by atoms with Crippen LogP contribution in [0.3, 0.4) is 0 Å². The van der Waals surface area contributed by atoms with Crippen LogP contribution in [0.15, 0.2) is 46.2 Å². The fraction of sp³-hybridized carbons (Fsp3) is 0.429. The van der Waals surface area contributed by atoms with Gasteiger partial charge in [-0.3, -0.25) is 18.7 Å². The molecule has 0 bridgehead atoms. The highest BCUT2D eigenvalue weighted by Gasteiger charge is 2.35. The first-order valence-electron chi connectivity index (χ1n) is 9.86. The average molecular weight is 395 g/mol. The third kappa shape index (κ3) is 3.28. The van der Waals surface area contributed by atoms with Crippen molar-refractivity contribution in [2.75, 3.05) is 6.54 Å². The maximum atomic E-state index is 12.7. The van der Waals surface area contributed by atoms with Gasteiger partial charge in [0.15, 0.2) is 11.2 Å². The van der Waals surface area contributed by atoms with Gasteiger partial charge in [0.05, 0.1) is 6.33 Å². The van der Waals surface area contributed by atoms with E-state index in [0.29, 0.717) is 6.54 Å². The van der Waals surface area contributed by atoms with Crippen molar-refractivity contribution >= 4 is 17.1 Å². The van der Waals surface area contributed by atoms with Gasteiger partial charge in [-0.15, -0.1) is 0 Å². The molecule has 152 valence electrons. The second-order valence-electron chi connectivity index (χ2n) is 7.88. The molecule has 0 spiro atoms. The summed E-state index contributed by atoms with van der Waals surface area (Å²) in [5.74, 6) is -0.178. The second kappa shape index (κ2) is 7.35. The van der Waals surface area contributed by atoms with Gasteiger partial charge in [-0.05, 0) is 18.4 Å². The van der Waals surface area contributed by atoms with Gasteiger partial charge in [0.25, 0.3) is 5.56 Å². The Labute approximate surface area is 167 Å². The summed E-state index contributed by atoms with van der Waals surface area (Å²) >= 11 is 0. The summed E-state index contributed by atoms with van der Waals surface area (Å²) in [7, 11) is 2.98. The summed E-state index contributed by atoms with van der Waals surface area (Å²) < 4.78 is 3.85. The van der Waals surface area contributed by atoms with E-state index in [-0.39, 0.29) is 29.0 Å². The van der Waals surface area contributed by atoms with E-state index in [0.717, 1.165) is 30.3 Å².